The smallest absolute Gasteiger partial charge is 0.196 e. The van der Waals surface area contributed by atoms with Gasteiger partial charge in [-0.1, -0.05) is 54.6 Å². The summed E-state index contributed by atoms with van der Waals surface area (Å²) in [6.07, 6.45) is 0. The largest absolute Gasteiger partial charge is 0.456 e. The lowest BCUT2D eigenvalue weighted by Crippen LogP contribution is -1.95. The monoisotopic (exact) mass is 359 g/mol. The predicted octanol–water partition coefficient (Wildman–Crippen LogP) is 6.43. The summed E-state index contributed by atoms with van der Waals surface area (Å²) in [5, 5.41) is 4.37. The standard InChI is InChI=1S/C25H13NO2/c27-25-15-6-2-1-5-13(15)14-9-10-17-21-18(26-24(17)23(14)25)11-12-20-22(21)16-7-3-4-8-19(16)28-20/h1-12,26H. The molecule has 0 radical (unpaired) electrons. The summed E-state index contributed by atoms with van der Waals surface area (Å²) >= 11 is 0. The molecule has 0 unspecified atom stereocenters. The average molecular weight is 359 g/mol. The number of H-pyrrole nitrogens is 1. The number of benzene rings is 4. The van der Waals surface area contributed by atoms with Gasteiger partial charge in [-0.15, -0.1) is 0 Å². The highest BCUT2D eigenvalue weighted by molar-refractivity contribution is 6.32. The molecule has 130 valence electrons. The Morgan fingerprint density at radius 2 is 1.46 bits per heavy atom. The third kappa shape index (κ3) is 1.54. The highest BCUT2D eigenvalue weighted by atomic mass is 16.3. The lowest BCUT2D eigenvalue weighted by molar-refractivity contribution is 0.104. The minimum absolute atomic E-state index is 0.0936. The highest BCUT2D eigenvalue weighted by Gasteiger charge is 2.29. The molecule has 0 saturated carbocycles. The van der Waals surface area contributed by atoms with Crippen LogP contribution in [-0.2, 0) is 0 Å². The van der Waals surface area contributed by atoms with Gasteiger partial charge < -0.3 is 9.40 Å². The minimum atomic E-state index is 0.0936. The van der Waals surface area contributed by atoms with Gasteiger partial charge in [-0.2, -0.15) is 0 Å². The van der Waals surface area contributed by atoms with Gasteiger partial charge in [-0.3, -0.25) is 4.79 Å². The van der Waals surface area contributed by atoms with Crippen LogP contribution in [0.4, 0.5) is 0 Å². The maximum Gasteiger partial charge on any atom is 0.196 e. The summed E-state index contributed by atoms with van der Waals surface area (Å²) in [5.74, 6) is 0.0936. The zero-order chi connectivity index (χ0) is 18.4. The van der Waals surface area contributed by atoms with E-state index in [2.05, 4.69) is 23.2 Å². The Morgan fingerprint density at radius 3 is 2.39 bits per heavy atom. The minimum Gasteiger partial charge on any atom is -0.456 e. The van der Waals surface area contributed by atoms with Crippen molar-refractivity contribution in [1.82, 2.24) is 4.98 Å². The van der Waals surface area contributed by atoms with Gasteiger partial charge in [0.2, 0.25) is 0 Å². The molecule has 1 aliphatic carbocycles. The van der Waals surface area contributed by atoms with Crippen LogP contribution in [0, 0.1) is 0 Å². The molecule has 0 fully saturated rings. The first-order valence-corrected chi connectivity index (χ1v) is 9.34. The number of furan rings is 1. The fraction of sp³-hybridized carbons (Fsp3) is 0. The maximum absolute atomic E-state index is 13.2. The van der Waals surface area contributed by atoms with Crippen LogP contribution >= 0.6 is 0 Å². The first-order valence-electron chi connectivity index (χ1n) is 9.34. The molecule has 3 nitrogen and oxygen atoms in total. The topological polar surface area (TPSA) is 46.0 Å². The van der Waals surface area contributed by atoms with Crippen molar-refractivity contribution in [3.63, 3.8) is 0 Å². The number of para-hydroxylation sites is 1. The molecule has 0 aliphatic heterocycles. The van der Waals surface area contributed by atoms with Gasteiger partial charge in [0.15, 0.2) is 5.78 Å². The van der Waals surface area contributed by atoms with Crippen molar-refractivity contribution in [2.45, 2.75) is 0 Å². The van der Waals surface area contributed by atoms with Gasteiger partial charge in [-0.05, 0) is 29.3 Å². The number of nitrogens with one attached hydrogen (secondary N) is 1. The van der Waals surface area contributed by atoms with Crippen molar-refractivity contribution in [3.8, 4) is 11.1 Å². The number of hydrogen-bond acceptors (Lipinski definition) is 2. The summed E-state index contributed by atoms with van der Waals surface area (Å²) in [7, 11) is 0. The Morgan fingerprint density at radius 1 is 0.643 bits per heavy atom. The number of fused-ring (bicyclic) bond motifs is 11. The number of aromatic nitrogens is 1. The van der Waals surface area contributed by atoms with Crippen molar-refractivity contribution >= 4 is 49.5 Å². The van der Waals surface area contributed by atoms with Gasteiger partial charge in [0, 0.05) is 32.6 Å². The van der Waals surface area contributed by atoms with Crippen LogP contribution in [0.2, 0.25) is 0 Å². The number of aromatic amines is 1. The second-order valence-electron chi connectivity index (χ2n) is 7.37. The Kier molecular flexibility index (Phi) is 2.39. The molecule has 1 aliphatic rings. The first-order chi connectivity index (χ1) is 13.8. The molecule has 0 saturated heterocycles. The van der Waals surface area contributed by atoms with Gasteiger partial charge >= 0.3 is 0 Å². The SMILES string of the molecule is O=C1c2ccccc2-c2ccc3c([nH]c4ccc5oc6ccccc6c5c43)c21. The summed E-state index contributed by atoms with van der Waals surface area (Å²) in [6, 6.07) is 24.2. The number of carbonyl (C=O) groups is 1. The quantitative estimate of drug-likeness (QED) is 0.339. The Bertz CT molecular complexity index is 1630. The molecule has 3 heteroatoms. The Hall–Kier alpha value is -3.85. The van der Waals surface area contributed by atoms with E-state index in [4.69, 9.17) is 4.42 Å². The molecule has 1 N–H and O–H groups in total. The van der Waals surface area contributed by atoms with Crippen LogP contribution < -0.4 is 0 Å². The van der Waals surface area contributed by atoms with E-state index in [9.17, 15) is 4.79 Å². The molecular weight excluding hydrogens is 346 g/mol. The summed E-state index contributed by atoms with van der Waals surface area (Å²) in [4.78, 5) is 16.7. The van der Waals surface area contributed by atoms with Crippen LogP contribution in [0.1, 0.15) is 15.9 Å². The fourth-order valence-electron chi connectivity index (χ4n) is 4.79. The van der Waals surface area contributed by atoms with E-state index in [1.165, 1.54) is 0 Å². The van der Waals surface area contributed by atoms with Crippen molar-refractivity contribution in [2.24, 2.45) is 0 Å². The van der Waals surface area contributed by atoms with Crippen molar-refractivity contribution in [1.29, 1.82) is 0 Å². The lowest BCUT2D eigenvalue weighted by atomic mass is 10.0. The van der Waals surface area contributed by atoms with E-state index in [0.717, 1.165) is 66.0 Å². The molecule has 28 heavy (non-hydrogen) atoms. The first kappa shape index (κ1) is 14.2. The van der Waals surface area contributed by atoms with Crippen LogP contribution in [-0.4, -0.2) is 10.8 Å². The maximum atomic E-state index is 13.2. The molecule has 0 spiro atoms. The van der Waals surface area contributed by atoms with E-state index in [1.807, 2.05) is 54.6 Å². The number of ketones is 1. The third-order valence-electron chi connectivity index (χ3n) is 5.97. The van der Waals surface area contributed by atoms with Crippen molar-refractivity contribution in [2.75, 3.05) is 0 Å². The van der Waals surface area contributed by atoms with E-state index in [1.54, 1.807) is 0 Å². The molecule has 4 aromatic carbocycles. The van der Waals surface area contributed by atoms with Gasteiger partial charge in [-0.25, -0.2) is 0 Å². The zero-order valence-electron chi connectivity index (χ0n) is 14.7. The lowest BCUT2D eigenvalue weighted by Gasteiger charge is -2.01. The summed E-state index contributed by atoms with van der Waals surface area (Å²) in [5.41, 5.74) is 7.25. The molecule has 6 aromatic rings. The highest BCUT2D eigenvalue weighted by Crippen LogP contribution is 2.44. The Labute approximate surface area is 159 Å². The van der Waals surface area contributed by atoms with Crippen LogP contribution in [0.25, 0.3) is 54.9 Å². The molecule has 0 atom stereocenters. The third-order valence-corrected chi connectivity index (χ3v) is 5.97. The van der Waals surface area contributed by atoms with E-state index in [-0.39, 0.29) is 5.78 Å². The van der Waals surface area contributed by atoms with Crippen LogP contribution in [0.15, 0.2) is 77.2 Å². The molecular formula is C25H13NO2. The van der Waals surface area contributed by atoms with Crippen molar-refractivity contribution in [3.05, 3.63) is 83.9 Å². The molecule has 2 aromatic heterocycles. The number of hydrogen-bond donors (Lipinski definition) is 1. The van der Waals surface area contributed by atoms with Gasteiger partial charge in [0.25, 0.3) is 0 Å². The Balaban J connectivity index is 1.70. The van der Waals surface area contributed by atoms with Gasteiger partial charge in [0.05, 0.1) is 11.1 Å². The van der Waals surface area contributed by atoms with Crippen LogP contribution in [0.3, 0.4) is 0 Å². The van der Waals surface area contributed by atoms with E-state index < -0.39 is 0 Å². The van der Waals surface area contributed by atoms with E-state index >= 15 is 0 Å². The molecule has 7 rings (SSSR count). The van der Waals surface area contributed by atoms with E-state index in [0.29, 0.717) is 0 Å². The fourth-order valence-corrected chi connectivity index (χ4v) is 4.79. The second-order valence-corrected chi connectivity index (χ2v) is 7.37. The molecule has 2 heterocycles. The molecule has 0 bridgehead atoms. The predicted molar refractivity (Wildman–Crippen MR) is 112 cm³/mol. The second kappa shape index (κ2) is 4.70. The van der Waals surface area contributed by atoms with Gasteiger partial charge in [0.1, 0.15) is 11.2 Å². The van der Waals surface area contributed by atoms with Crippen molar-refractivity contribution < 1.29 is 9.21 Å². The number of rotatable bonds is 0. The van der Waals surface area contributed by atoms with Crippen LogP contribution in [0.5, 0.6) is 0 Å². The average Bonchev–Trinajstić information content (AvgIpc) is 3.37. The summed E-state index contributed by atoms with van der Waals surface area (Å²) < 4.78 is 6.06. The number of carbonyl (C=O) groups excluding carboxylic acids is 1. The zero-order valence-corrected chi connectivity index (χ0v) is 14.7. The summed E-state index contributed by atoms with van der Waals surface area (Å²) in [6.45, 7) is 0. The normalized spacial score (nSPS) is 13.1. The molecule has 0 amide bonds.